The molecule has 1 aromatic carbocycles. The molecule has 4 N–H and O–H groups in total. The van der Waals surface area contributed by atoms with Crippen molar-refractivity contribution < 1.29 is 37.3 Å². The van der Waals surface area contributed by atoms with E-state index < -0.39 is 6.36 Å². The zero-order valence-corrected chi connectivity index (χ0v) is 16.0. The molecule has 1 atom stereocenters. The van der Waals surface area contributed by atoms with Gasteiger partial charge >= 0.3 is 6.36 Å². The maximum Gasteiger partial charge on any atom is 0.573 e. The van der Waals surface area contributed by atoms with Gasteiger partial charge in [-0.3, -0.25) is 9.59 Å². The molecule has 0 bridgehead atoms. The first kappa shape index (κ1) is 22.0. The number of hydrogen-bond acceptors (Lipinski definition) is 3. The highest BCUT2D eigenvalue weighted by Crippen LogP contribution is 2.23. The lowest BCUT2D eigenvalue weighted by Crippen LogP contribution is -3.30. The lowest BCUT2D eigenvalue weighted by molar-refractivity contribution is -1.01. The van der Waals surface area contributed by atoms with Gasteiger partial charge in [-0.25, -0.2) is 0 Å². The van der Waals surface area contributed by atoms with E-state index in [2.05, 4.69) is 15.4 Å². The quantitative estimate of drug-likeness (QED) is 0.463. The highest BCUT2D eigenvalue weighted by Gasteiger charge is 2.32. The smallest absolute Gasteiger partial charge is 0.406 e. The number of nitrogens with one attached hydrogen (secondary N) is 4. The average Bonchev–Trinajstić information content (AvgIpc) is 2.62. The summed E-state index contributed by atoms with van der Waals surface area (Å²) >= 11 is 0. The number of ether oxygens (including phenoxy) is 1. The minimum atomic E-state index is -4.74. The fourth-order valence-corrected chi connectivity index (χ4v) is 3.22. The first-order valence-electron chi connectivity index (χ1n) is 9.29. The molecule has 0 aromatic heterocycles. The molecule has 2 amide bonds. The third kappa shape index (κ3) is 7.01. The molecule has 156 valence electrons. The molecule has 1 heterocycles. The maximum atomic E-state index is 12.2. The Morgan fingerprint density at radius 2 is 1.75 bits per heavy atom. The van der Waals surface area contributed by atoms with Crippen LogP contribution < -0.4 is 25.2 Å². The summed E-state index contributed by atoms with van der Waals surface area (Å²) in [4.78, 5) is 26.4. The Morgan fingerprint density at radius 1 is 1.14 bits per heavy atom. The Labute approximate surface area is 161 Å². The molecule has 10 heteroatoms. The fourth-order valence-electron chi connectivity index (χ4n) is 3.22. The first-order valence-corrected chi connectivity index (χ1v) is 9.29. The molecule has 0 saturated carbocycles. The predicted octanol–water partition coefficient (Wildman–Crippen LogP) is -1.17. The number of anilines is 1. The summed E-state index contributed by atoms with van der Waals surface area (Å²) in [5, 5.41) is 5.51. The summed E-state index contributed by atoms with van der Waals surface area (Å²) in [5.41, 5.74) is 0.410. The van der Waals surface area contributed by atoms with Gasteiger partial charge in [-0.05, 0) is 38.1 Å². The highest BCUT2D eigenvalue weighted by atomic mass is 19.4. The summed E-state index contributed by atoms with van der Waals surface area (Å²) in [6.45, 7) is 7.80. The molecule has 0 radical (unpaired) electrons. The van der Waals surface area contributed by atoms with Gasteiger partial charge in [0.05, 0.1) is 0 Å². The Kier molecular flexibility index (Phi) is 7.64. The van der Waals surface area contributed by atoms with E-state index in [4.69, 9.17) is 0 Å². The van der Waals surface area contributed by atoms with Gasteiger partial charge in [0.15, 0.2) is 12.6 Å². The molecule has 7 nitrogen and oxygen atoms in total. The Hall–Kier alpha value is -2.33. The number of quaternary nitrogens is 2. The maximum absolute atomic E-state index is 12.2. The molecule has 1 aliphatic heterocycles. The molecule has 28 heavy (non-hydrogen) atoms. The molecule has 1 saturated heterocycles. The van der Waals surface area contributed by atoms with Crippen molar-refractivity contribution in [2.24, 2.45) is 0 Å². The summed E-state index contributed by atoms with van der Waals surface area (Å²) in [6, 6.07) is 4.92. The van der Waals surface area contributed by atoms with E-state index in [0.717, 1.165) is 43.2 Å². The number of amides is 2. The van der Waals surface area contributed by atoms with Crippen molar-refractivity contribution in [2.75, 3.05) is 44.6 Å². The van der Waals surface area contributed by atoms with E-state index >= 15 is 0 Å². The number of likely N-dealkylation sites (N-methyl/N-ethyl adjacent to an activating group) is 1. The number of carbonyl (C=O) groups excluding carboxylic acids is 2. The molecule has 1 aliphatic rings. The molecular formula is C18H27F3N4O3+2. The van der Waals surface area contributed by atoms with E-state index in [1.54, 1.807) is 0 Å². The van der Waals surface area contributed by atoms with Crippen LogP contribution >= 0.6 is 0 Å². The number of hydrogen-bond donors (Lipinski definition) is 4. The number of rotatable bonds is 7. The second kappa shape index (κ2) is 9.74. The van der Waals surface area contributed by atoms with Crippen LogP contribution in [0.15, 0.2) is 24.3 Å². The van der Waals surface area contributed by atoms with Gasteiger partial charge in [-0.15, -0.1) is 13.2 Å². The first-order chi connectivity index (χ1) is 13.2. The Balaban J connectivity index is 1.76. The van der Waals surface area contributed by atoms with Gasteiger partial charge in [-0.2, -0.15) is 0 Å². The molecule has 2 rings (SSSR count). The van der Waals surface area contributed by atoms with Crippen LogP contribution in [-0.4, -0.2) is 63.5 Å². The van der Waals surface area contributed by atoms with Gasteiger partial charge in [0, 0.05) is 12.2 Å². The van der Waals surface area contributed by atoms with Crippen LogP contribution in [0.25, 0.3) is 0 Å². The van der Waals surface area contributed by atoms with Crippen LogP contribution in [0.4, 0.5) is 18.9 Å². The van der Waals surface area contributed by atoms with E-state index in [1.807, 2.05) is 13.8 Å². The van der Waals surface area contributed by atoms with Crippen LogP contribution in [0, 0.1) is 0 Å². The summed E-state index contributed by atoms with van der Waals surface area (Å²) in [6.07, 6.45) is -4.74. The van der Waals surface area contributed by atoms with Crippen molar-refractivity contribution in [1.82, 2.24) is 5.32 Å². The number of carbonyl (C=O) groups is 2. The molecule has 1 fully saturated rings. The summed E-state index contributed by atoms with van der Waals surface area (Å²) in [5.74, 6) is -0.507. The largest absolute Gasteiger partial charge is 0.573 e. The van der Waals surface area contributed by atoms with E-state index in [9.17, 15) is 22.8 Å². The molecule has 0 aliphatic carbocycles. The van der Waals surface area contributed by atoms with Gasteiger partial charge in [0.2, 0.25) is 0 Å². The van der Waals surface area contributed by atoms with Gasteiger partial charge in [0.25, 0.3) is 11.8 Å². The average molecular weight is 404 g/mol. The van der Waals surface area contributed by atoms with Crippen LogP contribution in [0.1, 0.15) is 13.8 Å². The second-order valence-electron chi connectivity index (χ2n) is 6.82. The molecule has 0 unspecified atom stereocenters. The van der Waals surface area contributed by atoms with Crippen molar-refractivity contribution in [3.05, 3.63) is 24.3 Å². The lowest BCUT2D eigenvalue weighted by Gasteiger charge is -2.32. The lowest BCUT2D eigenvalue weighted by atomic mass is 10.2. The summed E-state index contributed by atoms with van der Waals surface area (Å²) in [7, 11) is 0. The van der Waals surface area contributed by atoms with Crippen LogP contribution in [0.2, 0.25) is 0 Å². The monoisotopic (exact) mass is 404 g/mol. The van der Waals surface area contributed by atoms with Crippen LogP contribution in [0.5, 0.6) is 5.75 Å². The predicted molar refractivity (Wildman–Crippen MR) is 96.2 cm³/mol. The number of piperazine rings is 1. The van der Waals surface area contributed by atoms with E-state index in [0.29, 0.717) is 12.2 Å². The van der Waals surface area contributed by atoms with Crippen molar-refractivity contribution in [1.29, 1.82) is 0 Å². The Morgan fingerprint density at radius 3 is 2.29 bits per heavy atom. The summed E-state index contributed by atoms with van der Waals surface area (Å²) < 4.78 is 40.3. The van der Waals surface area contributed by atoms with E-state index in [-0.39, 0.29) is 30.2 Å². The molecular weight excluding hydrogens is 377 g/mol. The number of alkyl halides is 3. The van der Waals surface area contributed by atoms with Gasteiger partial charge < -0.3 is 25.2 Å². The highest BCUT2D eigenvalue weighted by molar-refractivity contribution is 5.91. The molecule has 0 spiro atoms. The zero-order valence-electron chi connectivity index (χ0n) is 16.0. The van der Waals surface area contributed by atoms with Crippen molar-refractivity contribution in [2.45, 2.75) is 26.3 Å². The van der Waals surface area contributed by atoms with Gasteiger partial charge in [0.1, 0.15) is 31.9 Å². The fraction of sp³-hybridized carbons (Fsp3) is 0.556. The van der Waals surface area contributed by atoms with Crippen molar-refractivity contribution in [3.63, 3.8) is 0 Å². The standard InChI is InChI=1S/C18H25F3N4O3/c1-3-22-17(27)13(2)25-10-8-24(9-11-25)12-16(26)23-14-4-6-15(7-5-14)28-18(19,20)21/h4-7,13H,3,8-12H2,1-2H3,(H,22,27)(H,23,26)/p+2/t13-/m0/s1. The van der Waals surface area contributed by atoms with Crippen molar-refractivity contribution >= 4 is 17.5 Å². The number of benzene rings is 1. The minimum absolute atomic E-state index is 0.0386. The molecule has 1 aromatic rings. The van der Waals surface area contributed by atoms with E-state index in [1.165, 1.54) is 17.0 Å². The third-order valence-electron chi connectivity index (χ3n) is 4.74. The van der Waals surface area contributed by atoms with Gasteiger partial charge in [-0.1, -0.05) is 0 Å². The SMILES string of the molecule is CCNC(=O)[C@H](C)[NH+]1CC[NH+](CC(=O)Nc2ccc(OC(F)(F)F)cc2)CC1. The Bertz CT molecular complexity index is 659. The van der Waals surface area contributed by atoms with Crippen LogP contribution in [0.3, 0.4) is 0 Å². The third-order valence-corrected chi connectivity index (χ3v) is 4.74. The normalized spacial score (nSPS) is 20.9. The van der Waals surface area contributed by atoms with Crippen LogP contribution in [-0.2, 0) is 9.59 Å². The second-order valence-corrected chi connectivity index (χ2v) is 6.82. The topological polar surface area (TPSA) is 76.3 Å². The zero-order chi connectivity index (χ0) is 20.7. The van der Waals surface area contributed by atoms with Crippen molar-refractivity contribution in [3.8, 4) is 5.75 Å². The number of halogens is 3. The minimum Gasteiger partial charge on any atom is -0.406 e.